The first kappa shape index (κ1) is 23.9. The molecule has 6 heteroatoms. The Balaban J connectivity index is 0.00000529. The number of nitrogens with one attached hydrogen (secondary N) is 2. The van der Waals surface area contributed by atoms with Crippen molar-refractivity contribution in [2.45, 2.75) is 58.9 Å². The molecule has 0 aromatic carbocycles. The van der Waals surface area contributed by atoms with E-state index < -0.39 is 0 Å². The number of aliphatic imine (C=N–C) groups is 1. The summed E-state index contributed by atoms with van der Waals surface area (Å²) in [4.78, 5) is 9.43. The molecule has 0 radical (unpaired) electrons. The summed E-state index contributed by atoms with van der Waals surface area (Å²) >= 11 is 0. The molecule has 1 aliphatic heterocycles. The number of rotatable bonds is 10. The molecule has 1 aliphatic rings. The Bertz CT molecular complexity index is 313. The van der Waals surface area contributed by atoms with Crippen LogP contribution in [0, 0.1) is 0 Å². The normalized spacial score (nSPS) is 17.0. The first-order valence-corrected chi connectivity index (χ1v) is 9.65. The van der Waals surface area contributed by atoms with E-state index in [2.05, 4.69) is 46.2 Å². The fourth-order valence-electron chi connectivity index (χ4n) is 3.21. The molecule has 1 fully saturated rings. The fourth-order valence-corrected chi connectivity index (χ4v) is 3.21. The zero-order chi connectivity index (χ0) is 16.9. The molecule has 0 aromatic rings. The summed E-state index contributed by atoms with van der Waals surface area (Å²) in [6.07, 6.45) is 6.16. The van der Waals surface area contributed by atoms with E-state index in [1.165, 1.54) is 58.3 Å². The Labute approximate surface area is 167 Å². The zero-order valence-electron chi connectivity index (χ0n) is 16.3. The van der Waals surface area contributed by atoms with Gasteiger partial charge in [0.05, 0.1) is 0 Å². The third-order valence-electron chi connectivity index (χ3n) is 4.78. The Hall–Kier alpha value is -0.0800. The summed E-state index contributed by atoms with van der Waals surface area (Å²) in [6, 6.07) is 0.574. The number of nitrogens with zero attached hydrogens (tertiary/aromatic N) is 3. The molecule has 0 atom stereocenters. The summed E-state index contributed by atoms with van der Waals surface area (Å²) in [5.41, 5.74) is 0. The minimum absolute atomic E-state index is 0. The molecular formula is C18H40IN5. The monoisotopic (exact) mass is 453 g/mol. The standard InChI is InChI=1S/C18H39N5.HI/c1-5-13-23-15-10-17(11-16-23)21-18(19-4)20-12-8-9-14-22(6-2)7-3;/h17H,5-16H2,1-4H3,(H2,19,20,21);1H. The highest BCUT2D eigenvalue weighted by Crippen LogP contribution is 2.10. The topological polar surface area (TPSA) is 42.9 Å². The predicted octanol–water partition coefficient (Wildman–Crippen LogP) is 2.77. The summed E-state index contributed by atoms with van der Waals surface area (Å²) in [5, 5.41) is 7.06. The largest absolute Gasteiger partial charge is 0.356 e. The molecule has 24 heavy (non-hydrogen) atoms. The molecule has 0 amide bonds. The average Bonchev–Trinajstić information content (AvgIpc) is 2.59. The lowest BCUT2D eigenvalue weighted by molar-refractivity contribution is 0.206. The number of halogens is 1. The summed E-state index contributed by atoms with van der Waals surface area (Å²) < 4.78 is 0. The summed E-state index contributed by atoms with van der Waals surface area (Å²) in [6.45, 7) is 14.9. The second kappa shape index (κ2) is 15.2. The van der Waals surface area contributed by atoms with Gasteiger partial charge in [0.15, 0.2) is 5.96 Å². The molecule has 0 bridgehead atoms. The van der Waals surface area contributed by atoms with Crippen molar-refractivity contribution in [3.63, 3.8) is 0 Å². The van der Waals surface area contributed by atoms with Crippen molar-refractivity contribution in [1.82, 2.24) is 20.4 Å². The molecule has 0 aromatic heterocycles. The van der Waals surface area contributed by atoms with Crippen molar-refractivity contribution in [3.05, 3.63) is 0 Å². The van der Waals surface area contributed by atoms with Crippen LogP contribution in [0.4, 0.5) is 0 Å². The van der Waals surface area contributed by atoms with Gasteiger partial charge >= 0.3 is 0 Å². The second-order valence-electron chi connectivity index (χ2n) is 6.49. The highest BCUT2D eigenvalue weighted by molar-refractivity contribution is 14.0. The van der Waals surface area contributed by atoms with E-state index in [0.29, 0.717) is 6.04 Å². The molecule has 1 heterocycles. The van der Waals surface area contributed by atoms with Crippen LogP contribution in [0.1, 0.15) is 52.9 Å². The van der Waals surface area contributed by atoms with Crippen LogP contribution in [0.3, 0.4) is 0 Å². The zero-order valence-corrected chi connectivity index (χ0v) is 18.6. The van der Waals surface area contributed by atoms with E-state index in [9.17, 15) is 0 Å². The molecule has 0 aliphatic carbocycles. The minimum atomic E-state index is 0. The predicted molar refractivity (Wildman–Crippen MR) is 117 cm³/mol. The number of hydrogen-bond donors (Lipinski definition) is 2. The lowest BCUT2D eigenvalue weighted by atomic mass is 10.1. The Morgan fingerprint density at radius 3 is 2.33 bits per heavy atom. The van der Waals surface area contributed by atoms with Crippen LogP contribution >= 0.6 is 24.0 Å². The minimum Gasteiger partial charge on any atom is -0.356 e. The molecule has 5 nitrogen and oxygen atoms in total. The third-order valence-corrected chi connectivity index (χ3v) is 4.78. The van der Waals surface area contributed by atoms with Gasteiger partial charge in [-0.25, -0.2) is 0 Å². The van der Waals surface area contributed by atoms with Crippen molar-refractivity contribution in [3.8, 4) is 0 Å². The maximum absolute atomic E-state index is 4.37. The van der Waals surface area contributed by atoms with Gasteiger partial charge in [-0.15, -0.1) is 24.0 Å². The van der Waals surface area contributed by atoms with Gasteiger partial charge in [0.25, 0.3) is 0 Å². The van der Waals surface area contributed by atoms with Gasteiger partial charge in [-0.3, -0.25) is 4.99 Å². The highest BCUT2D eigenvalue weighted by Gasteiger charge is 2.19. The van der Waals surface area contributed by atoms with Crippen LogP contribution in [0.2, 0.25) is 0 Å². The van der Waals surface area contributed by atoms with Crippen LogP contribution in [-0.2, 0) is 0 Å². The van der Waals surface area contributed by atoms with Gasteiger partial charge < -0.3 is 20.4 Å². The number of piperidine rings is 1. The number of likely N-dealkylation sites (tertiary alicyclic amines) is 1. The first-order chi connectivity index (χ1) is 11.2. The SMILES string of the molecule is CCCN1CCC(NC(=NC)NCCCCN(CC)CC)CC1.I. The van der Waals surface area contributed by atoms with Crippen LogP contribution in [0.25, 0.3) is 0 Å². The van der Waals surface area contributed by atoms with Crippen molar-refractivity contribution in [2.24, 2.45) is 4.99 Å². The number of unbranched alkanes of at least 4 members (excludes halogenated alkanes) is 1. The van der Waals surface area contributed by atoms with E-state index in [0.717, 1.165) is 25.6 Å². The van der Waals surface area contributed by atoms with Gasteiger partial charge in [-0.05, 0) is 58.3 Å². The Morgan fingerprint density at radius 2 is 1.79 bits per heavy atom. The van der Waals surface area contributed by atoms with Gasteiger partial charge in [0.2, 0.25) is 0 Å². The van der Waals surface area contributed by atoms with Crippen molar-refractivity contribution in [2.75, 3.05) is 52.9 Å². The van der Waals surface area contributed by atoms with E-state index in [1.807, 2.05) is 7.05 Å². The fraction of sp³-hybridized carbons (Fsp3) is 0.944. The molecule has 0 saturated carbocycles. The van der Waals surface area contributed by atoms with Crippen LogP contribution in [0.5, 0.6) is 0 Å². The molecule has 2 N–H and O–H groups in total. The Morgan fingerprint density at radius 1 is 1.12 bits per heavy atom. The number of guanidine groups is 1. The van der Waals surface area contributed by atoms with E-state index in [-0.39, 0.29) is 24.0 Å². The van der Waals surface area contributed by atoms with Gasteiger partial charge in [-0.1, -0.05) is 20.8 Å². The van der Waals surface area contributed by atoms with Crippen LogP contribution in [-0.4, -0.2) is 74.7 Å². The third kappa shape index (κ3) is 10.0. The molecule has 0 spiro atoms. The van der Waals surface area contributed by atoms with Crippen molar-refractivity contribution in [1.29, 1.82) is 0 Å². The smallest absolute Gasteiger partial charge is 0.191 e. The molecule has 0 unspecified atom stereocenters. The average molecular weight is 453 g/mol. The lowest BCUT2D eigenvalue weighted by Gasteiger charge is -2.32. The lowest BCUT2D eigenvalue weighted by Crippen LogP contribution is -2.48. The molecule has 1 saturated heterocycles. The van der Waals surface area contributed by atoms with E-state index in [4.69, 9.17) is 0 Å². The summed E-state index contributed by atoms with van der Waals surface area (Å²) in [5.74, 6) is 0.974. The quantitative estimate of drug-likeness (QED) is 0.231. The second-order valence-corrected chi connectivity index (χ2v) is 6.49. The number of hydrogen-bond acceptors (Lipinski definition) is 3. The first-order valence-electron chi connectivity index (χ1n) is 9.65. The van der Waals surface area contributed by atoms with Gasteiger partial charge in [-0.2, -0.15) is 0 Å². The van der Waals surface area contributed by atoms with E-state index >= 15 is 0 Å². The van der Waals surface area contributed by atoms with Gasteiger partial charge in [0, 0.05) is 32.7 Å². The van der Waals surface area contributed by atoms with Crippen molar-refractivity contribution >= 4 is 29.9 Å². The van der Waals surface area contributed by atoms with E-state index in [1.54, 1.807) is 0 Å². The maximum atomic E-state index is 4.37. The Kier molecular flexibility index (Phi) is 15.1. The maximum Gasteiger partial charge on any atom is 0.191 e. The summed E-state index contributed by atoms with van der Waals surface area (Å²) in [7, 11) is 1.87. The molecule has 1 rings (SSSR count). The van der Waals surface area contributed by atoms with Crippen LogP contribution < -0.4 is 10.6 Å². The molecular weight excluding hydrogens is 413 g/mol. The highest BCUT2D eigenvalue weighted by atomic mass is 127. The van der Waals surface area contributed by atoms with Crippen molar-refractivity contribution < 1.29 is 0 Å². The molecule has 144 valence electrons. The van der Waals surface area contributed by atoms with Gasteiger partial charge in [0.1, 0.15) is 0 Å². The van der Waals surface area contributed by atoms with Crippen LogP contribution in [0.15, 0.2) is 4.99 Å².